The van der Waals surface area contributed by atoms with Crippen LogP contribution in [0.4, 0.5) is 0 Å². The van der Waals surface area contributed by atoms with Crippen LogP contribution in [-0.2, 0) is 10.8 Å². The van der Waals surface area contributed by atoms with Crippen molar-refractivity contribution >= 4 is 66.0 Å². The Morgan fingerprint density at radius 1 is 0.280 bits per heavy atom. The molecule has 458 valence electrons. The molecule has 2 aliphatic carbocycles. The van der Waals surface area contributed by atoms with E-state index in [1.807, 2.05) is 0 Å². The van der Waals surface area contributed by atoms with Crippen LogP contribution in [0, 0.1) is 0 Å². The molecule has 0 N–H and O–H groups in total. The van der Waals surface area contributed by atoms with Gasteiger partial charge in [0.05, 0.1) is 0 Å². The molecule has 5 aromatic rings. The number of benzene rings is 3. The number of rotatable bonds is 46. The summed E-state index contributed by atoms with van der Waals surface area (Å²) in [4.78, 5) is 15.5. The minimum absolute atomic E-state index is 0.111. The van der Waals surface area contributed by atoms with Crippen LogP contribution in [0.25, 0.3) is 44.3 Å². The van der Waals surface area contributed by atoms with Crippen LogP contribution in [0.15, 0.2) is 33.5 Å². The summed E-state index contributed by atoms with van der Waals surface area (Å²) in [6.07, 6.45) is 59.0. The third-order valence-corrected chi connectivity index (χ3v) is 31.7. The Morgan fingerprint density at radius 3 is 0.732 bits per heavy atom. The second-order valence-electron chi connectivity index (χ2n) is 29.0. The normalized spacial score (nSPS) is 14.4. The van der Waals surface area contributed by atoms with Crippen molar-refractivity contribution in [1.29, 1.82) is 0 Å². The van der Waals surface area contributed by atoms with E-state index in [-0.39, 0.29) is 10.8 Å². The predicted octanol–water partition coefficient (Wildman–Crippen LogP) is 23.6. The van der Waals surface area contributed by atoms with Gasteiger partial charge in [0.15, 0.2) is 0 Å². The number of fused-ring (bicyclic) bond motifs is 10. The Bertz CT molecular complexity index is 2400. The van der Waals surface area contributed by atoms with Gasteiger partial charge in [-0.15, -0.1) is 0 Å². The molecular formula is C74H122N4O2Sn2. The first-order valence-corrected chi connectivity index (χ1v) is 55.7. The Balaban J connectivity index is 1.34. The molecule has 0 amide bonds. The Hall–Kier alpha value is -1.94. The molecule has 0 unspecified atom stereocenters. The number of aromatic nitrogens is 4. The summed E-state index contributed by atoms with van der Waals surface area (Å²) in [6.45, 7) is 9.33. The molecule has 0 atom stereocenters. The fraction of sp³-hybridized carbons (Fsp3) is 0.757. The van der Waals surface area contributed by atoms with E-state index < -0.39 is 36.8 Å². The first kappa shape index (κ1) is 67.6. The van der Waals surface area contributed by atoms with Crippen molar-refractivity contribution in [2.75, 3.05) is 0 Å². The number of hydrogen-bond acceptors (Lipinski definition) is 6. The summed E-state index contributed by atoms with van der Waals surface area (Å²) < 4.78 is 14.9. The molecule has 0 saturated carbocycles. The van der Waals surface area contributed by atoms with Crippen molar-refractivity contribution in [3.63, 3.8) is 0 Å². The Kier molecular flexibility index (Phi) is 28.5. The molecule has 8 heteroatoms. The first-order chi connectivity index (χ1) is 39.9. The standard InChI is InChI=1S/C68H104N4O2.6CH3.2Sn/c1-5-9-13-17-21-25-29-33-37-41-49-67(50-42-38-34-30-26-22-18-14-10-6-2)57-45-47-61-65(71-73-69-61)63(57)55-54-60-56(53-59(55)67)64-58(46-48-62-66(64)72-74-70-62)68(60,51-43-39-35-31-27-23-19-15-11-7-3)52-44-40-36-32-28-24-20-16-12-8-4;;;;;;;;/h45-46,53-54H,5-44,49-52H2,1-4H3;6*1H3;;. The van der Waals surface area contributed by atoms with Gasteiger partial charge >= 0.3 is 411 Å². The van der Waals surface area contributed by atoms with E-state index in [0.29, 0.717) is 0 Å². The molecule has 6 nitrogen and oxygen atoms in total. The van der Waals surface area contributed by atoms with Crippen LogP contribution in [0.3, 0.4) is 0 Å². The van der Waals surface area contributed by atoms with Crippen molar-refractivity contribution in [2.45, 2.75) is 351 Å². The molecule has 0 aliphatic heterocycles. The van der Waals surface area contributed by atoms with Crippen LogP contribution >= 0.6 is 0 Å². The van der Waals surface area contributed by atoms with Crippen molar-refractivity contribution < 1.29 is 9.26 Å². The summed E-state index contributed by atoms with van der Waals surface area (Å²) in [5.74, 6) is 0. The van der Waals surface area contributed by atoms with E-state index in [9.17, 15) is 0 Å². The maximum atomic E-state index is 5.96. The summed E-state index contributed by atoms with van der Waals surface area (Å²) in [5.41, 5.74) is 15.8. The van der Waals surface area contributed by atoms with Crippen molar-refractivity contribution in [1.82, 2.24) is 20.6 Å². The van der Waals surface area contributed by atoms with E-state index >= 15 is 0 Å². The zero-order valence-electron chi connectivity index (χ0n) is 55.0. The topological polar surface area (TPSA) is 77.8 Å². The fourth-order valence-electron chi connectivity index (χ4n) is 15.4. The van der Waals surface area contributed by atoms with E-state index in [0.717, 1.165) is 22.1 Å². The monoisotopic (exact) mass is 1340 g/mol. The van der Waals surface area contributed by atoms with Gasteiger partial charge in [0.2, 0.25) is 0 Å². The number of hydrogen-bond donors (Lipinski definition) is 0. The molecule has 82 heavy (non-hydrogen) atoms. The van der Waals surface area contributed by atoms with Crippen molar-refractivity contribution in [2.24, 2.45) is 0 Å². The molecule has 3 aromatic carbocycles. The summed E-state index contributed by atoms with van der Waals surface area (Å²) >= 11 is -5.58. The van der Waals surface area contributed by atoms with Crippen molar-refractivity contribution in [3.8, 4) is 22.3 Å². The van der Waals surface area contributed by atoms with Gasteiger partial charge in [-0.25, -0.2) is 0 Å². The summed E-state index contributed by atoms with van der Waals surface area (Å²) in [6, 6.07) is 11.0. The van der Waals surface area contributed by atoms with Gasteiger partial charge in [0, 0.05) is 0 Å². The molecule has 0 bridgehead atoms. The van der Waals surface area contributed by atoms with E-state index in [1.54, 1.807) is 22.3 Å². The second-order valence-corrected chi connectivity index (χ2v) is 57.7. The SMILES string of the molecule is CCCCCCCCCCCCC1(CCCCCCCCCCCC)c2cc3c(cc2-c2c1c[c]([Sn]([CH3])([CH3])[CH3])c1nonc21)C(CCCCCCCCCCCC)(CCCCCCCCCCCC)c1c[c]([Sn]([CH3])([CH3])[CH3])c2nonc2c1-3. The van der Waals surface area contributed by atoms with E-state index in [4.69, 9.17) is 29.9 Å². The number of unbranched alkanes of at least 4 members (excludes halogenated alkanes) is 36. The molecule has 0 spiro atoms. The third kappa shape index (κ3) is 17.6. The molecule has 7 rings (SSSR count). The van der Waals surface area contributed by atoms with Gasteiger partial charge in [-0.05, 0) is 0 Å². The van der Waals surface area contributed by atoms with Crippen LogP contribution in [0.5, 0.6) is 0 Å². The first-order valence-electron chi connectivity index (χ1n) is 35.7. The zero-order valence-corrected chi connectivity index (χ0v) is 60.7. The Labute approximate surface area is 511 Å². The molecule has 0 fully saturated rings. The van der Waals surface area contributed by atoms with Gasteiger partial charge in [0.1, 0.15) is 0 Å². The average Bonchev–Trinajstić information content (AvgIpc) is 1.86. The molecular weight excluding hydrogens is 1210 g/mol. The van der Waals surface area contributed by atoms with Gasteiger partial charge in [-0.1, -0.05) is 105 Å². The summed E-state index contributed by atoms with van der Waals surface area (Å²) in [5, 5.41) is 19.8. The molecule has 0 saturated heterocycles. The minimum atomic E-state index is -2.79. The van der Waals surface area contributed by atoms with Crippen LogP contribution in [-0.4, -0.2) is 57.4 Å². The number of nitrogens with zero attached hydrogens (tertiary/aromatic N) is 4. The van der Waals surface area contributed by atoms with Crippen LogP contribution in [0.2, 0.25) is 29.6 Å². The van der Waals surface area contributed by atoms with Gasteiger partial charge in [-0.3, -0.25) is 0 Å². The average molecular weight is 1340 g/mol. The van der Waals surface area contributed by atoms with E-state index in [1.165, 1.54) is 312 Å². The molecule has 2 aromatic heterocycles. The maximum absolute atomic E-state index is 5.96. The summed E-state index contributed by atoms with van der Waals surface area (Å²) in [7, 11) is 0. The van der Waals surface area contributed by atoms with Gasteiger partial charge < -0.3 is 0 Å². The van der Waals surface area contributed by atoms with E-state index in [2.05, 4.69) is 81.6 Å². The Morgan fingerprint density at radius 2 is 0.500 bits per heavy atom. The molecule has 0 radical (unpaired) electrons. The van der Waals surface area contributed by atoms with Crippen LogP contribution < -0.4 is 7.16 Å². The van der Waals surface area contributed by atoms with Gasteiger partial charge in [0.25, 0.3) is 0 Å². The van der Waals surface area contributed by atoms with Crippen molar-refractivity contribution in [3.05, 3.63) is 46.5 Å². The molecule has 2 aliphatic rings. The van der Waals surface area contributed by atoms with Crippen LogP contribution in [0.1, 0.15) is 332 Å². The second kappa shape index (κ2) is 34.6. The quantitative estimate of drug-likeness (QED) is 0.0285. The predicted molar refractivity (Wildman–Crippen MR) is 361 cm³/mol. The third-order valence-electron chi connectivity index (χ3n) is 20.3. The fourth-order valence-corrected chi connectivity index (χ4v) is 23.7. The van der Waals surface area contributed by atoms with Gasteiger partial charge in [-0.2, -0.15) is 0 Å². The zero-order chi connectivity index (χ0) is 58.3. The molecule has 2 heterocycles.